The molecule has 0 heterocycles. The summed E-state index contributed by atoms with van der Waals surface area (Å²) in [5, 5.41) is 0. The number of hydrogen-bond acceptors (Lipinski definition) is 3. The molecule has 1 fully saturated rings. The Morgan fingerprint density at radius 1 is 1.14 bits per heavy atom. The van der Waals surface area contributed by atoms with E-state index in [1.807, 2.05) is 0 Å². The number of hydrogen-bond donors (Lipinski definition) is 0. The predicted molar refractivity (Wildman–Crippen MR) is 85.4 cm³/mol. The first kappa shape index (κ1) is 15.3. The zero-order valence-electron chi connectivity index (χ0n) is 11.7. The second-order valence-electron chi connectivity index (χ2n) is 5.91. The highest BCUT2D eigenvalue weighted by Crippen LogP contribution is 2.45. The van der Waals surface area contributed by atoms with Gasteiger partial charge in [0, 0.05) is 4.47 Å². The van der Waals surface area contributed by atoms with Crippen LogP contribution in [0.2, 0.25) is 0 Å². The molecule has 5 heteroatoms. The third kappa shape index (κ3) is 3.58. The first-order valence-electron chi connectivity index (χ1n) is 7.38. The Kier molecular flexibility index (Phi) is 4.52. The van der Waals surface area contributed by atoms with Crippen molar-refractivity contribution in [2.45, 2.75) is 30.6 Å². The number of benzene rings is 1. The van der Waals surface area contributed by atoms with Crippen molar-refractivity contribution in [3.8, 4) is 0 Å². The van der Waals surface area contributed by atoms with Crippen LogP contribution in [0.4, 0.5) is 0 Å². The van der Waals surface area contributed by atoms with Gasteiger partial charge in [0.1, 0.15) is 0 Å². The third-order valence-corrected chi connectivity index (χ3v) is 6.33. The molecule has 1 aromatic rings. The number of rotatable bonds is 6. The van der Waals surface area contributed by atoms with Crippen LogP contribution in [-0.4, -0.2) is 15.0 Å². The van der Waals surface area contributed by atoms with Gasteiger partial charge in [-0.2, -0.15) is 8.42 Å². The van der Waals surface area contributed by atoms with E-state index < -0.39 is 10.1 Å². The van der Waals surface area contributed by atoms with Gasteiger partial charge in [-0.3, -0.25) is 4.18 Å². The molecule has 3 nitrogen and oxygen atoms in total. The maximum atomic E-state index is 12.0. The van der Waals surface area contributed by atoms with Crippen LogP contribution in [-0.2, 0) is 14.3 Å². The highest BCUT2D eigenvalue weighted by Gasteiger charge is 2.34. The zero-order chi connectivity index (χ0) is 14.9. The van der Waals surface area contributed by atoms with Crippen molar-refractivity contribution in [3.63, 3.8) is 0 Å². The highest BCUT2D eigenvalue weighted by atomic mass is 79.9. The van der Waals surface area contributed by atoms with E-state index in [1.165, 1.54) is 12.8 Å². The molecule has 0 saturated heterocycles. The molecule has 3 atom stereocenters. The predicted octanol–water partition coefficient (Wildman–Crippen LogP) is 4.15. The van der Waals surface area contributed by atoms with E-state index in [0.717, 1.165) is 35.1 Å². The quantitative estimate of drug-likeness (QED) is 0.429. The molecule has 1 aromatic carbocycles. The van der Waals surface area contributed by atoms with Crippen molar-refractivity contribution in [1.82, 2.24) is 0 Å². The Morgan fingerprint density at radius 2 is 1.90 bits per heavy atom. The van der Waals surface area contributed by atoms with Crippen LogP contribution in [0, 0.1) is 17.8 Å². The lowest BCUT2D eigenvalue weighted by Gasteiger charge is -2.17. The Balaban J connectivity index is 1.46. The molecule has 0 aliphatic heterocycles. The van der Waals surface area contributed by atoms with Crippen LogP contribution in [0.25, 0.3) is 0 Å². The molecule has 0 spiro atoms. The molecule has 21 heavy (non-hydrogen) atoms. The molecule has 2 aliphatic rings. The van der Waals surface area contributed by atoms with Crippen LogP contribution in [0.3, 0.4) is 0 Å². The summed E-state index contributed by atoms with van der Waals surface area (Å²) in [7, 11) is -3.62. The molecule has 2 aliphatic carbocycles. The third-order valence-electron chi connectivity index (χ3n) is 4.48. The van der Waals surface area contributed by atoms with Gasteiger partial charge >= 0.3 is 0 Å². The maximum Gasteiger partial charge on any atom is 0.296 e. The van der Waals surface area contributed by atoms with Crippen LogP contribution in [0.15, 0.2) is 45.8 Å². The summed E-state index contributed by atoms with van der Waals surface area (Å²) in [6.07, 6.45) is 9.08. The van der Waals surface area contributed by atoms with Crippen molar-refractivity contribution in [3.05, 3.63) is 40.9 Å². The Morgan fingerprint density at radius 3 is 2.52 bits per heavy atom. The lowest BCUT2D eigenvalue weighted by molar-refractivity contribution is 0.286. The Hall–Kier alpha value is -0.650. The summed E-state index contributed by atoms with van der Waals surface area (Å²) in [4.78, 5) is 0.216. The number of allylic oxidation sites excluding steroid dienone is 2. The van der Waals surface area contributed by atoms with Crippen molar-refractivity contribution >= 4 is 26.0 Å². The Bertz CT molecular complexity index is 621. The zero-order valence-corrected chi connectivity index (χ0v) is 14.1. The molecule has 0 radical (unpaired) electrons. The summed E-state index contributed by atoms with van der Waals surface area (Å²) < 4.78 is 30.0. The van der Waals surface area contributed by atoms with Crippen molar-refractivity contribution in [1.29, 1.82) is 0 Å². The minimum atomic E-state index is -3.62. The molecule has 2 bridgehead atoms. The first-order chi connectivity index (χ1) is 10.0. The fourth-order valence-corrected chi connectivity index (χ4v) is 4.62. The lowest BCUT2D eigenvalue weighted by atomic mass is 9.90. The van der Waals surface area contributed by atoms with E-state index in [9.17, 15) is 8.42 Å². The van der Waals surface area contributed by atoms with Gasteiger partial charge in [0.05, 0.1) is 11.5 Å². The smallest absolute Gasteiger partial charge is 0.266 e. The van der Waals surface area contributed by atoms with Crippen LogP contribution >= 0.6 is 15.9 Å². The molecule has 1 saturated carbocycles. The molecule has 0 unspecified atom stereocenters. The first-order valence-corrected chi connectivity index (χ1v) is 9.58. The van der Waals surface area contributed by atoms with Crippen molar-refractivity contribution in [2.75, 3.05) is 6.61 Å². The summed E-state index contributed by atoms with van der Waals surface area (Å²) in [5.74, 6) is 2.21. The van der Waals surface area contributed by atoms with Crippen LogP contribution in [0.5, 0.6) is 0 Å². The molecular weight excluding hydrogens is 352 g/mol. The summed E-state index contributed by atoms with van der Waals surface area (Å²) in [6, 6.07) is 6.52. The SMILES string of the molecule is O=S(=O)(OCCC[C@@H]1C[C@@H]2C=C[C@H]1C2)c1ccc(Br)cc1. The standard InChI is InChI=1S/C16H19BrO3S/c17-15-5-7-16(8-6-15)21(18,19)20-9-1-2-13-10-12-3-4-14(13)11-12/h3-8,12-14H,1-2,9-11H2/t12-,13+,14-/m0/s1. The van der Waals surface area contributed by atoms with E-state index in [4.69, 9.17) is 4.18 Å². The average molecular weight is 371 g/mol. The maximum absolute atomic E-state index is 12.0. The van der Waals surface area contributed by atoms with E-state index in [2.05, 4.69) is 28.1 Å². The monoisotopic (exact) mass is 370 g/mol. The minimum Gasteiger partial charge on any atom is -0.266 e. The van der Waals surface area contributed by atoms with Gasteiger partial charge in [-0.1, -0.05) is 28.1 Å². The minimum absolute atomic E-state index is 0.216. The van der Waals surface area contributed by atoms with Gasteiger partial charge in [-0.05, 0) is 67.7 Å². The fraction of sp³-hybridized carbons (Fsp3) is 0.500. The van der Waals surface area contributed by atoms with Gasteiger partial charge < -0.3 is 0 Å². The highest BCUT2D eigenvalue weighted by molar-refractivity contribution is 9.10. The van der Waals surface area contributed by atoms with Crippen LogP contribution in [0.1, 0.15) is 25.7 Å². The second-order valence-corrected chi connectivity index (χ2v) is 8.44. The molecular formula is C16H19BrO3S. The van der Waals surface area contributed by atoms with E-state index in [-0.39, 0.29) is 11.5 Å². The van der Waals surface area contributed by atoms with Crippen molar-refractivity contribution < 1.29 is 12.6 Å². The lowest BCUT2D eigenvalue weighted by Crippen LogP contribution is -2.11. The molecule has 0 aromatic heterocycles. The number of fused-ring (bicyclic) bond motifs is 2. The van der Waals surface area contributed by atoms with Gasteiger partial charge in [0.25, 0.3) is 10.1 Å². The van der Waals surface area contributed by atoms with Gasteiger partial charge in [0.2, 0.25) is 0 Å². The molecule has 3 rings (SSSR count). The topological polar surface area (TPSA) is 43.4 Å². The summed E-state index contributed by atoms with van der Waals surface area (Å²) >= 11 is 3.29. The molecule has 0 N–H and O–H groups in total. The van der Waals surface area contributed by atoms with Gasteiger partial charge in [-0.15, -0.1) is 0 Å². The van der Waals surface area contributed by atoms with Crippen LogP contribution < -0.4 is 0 Å². The summed E-state index contributed by atoms with van der Waals surface area (Å²) in [5.41, 5.74) is 0. The normalized spacial score (nSPS) is 27.4. The van der Waals surface area contributed by atoms with E-state index in [0.29, 0.717) is 0 Å². The fourth-order valence-electron chi connectivity index (χ4n) is 3.41. The van der Waals surface area contributed by atoms with Crippen molar-refractivity contribution in [2.24, 2.45) is 17.8 Å². The molecule has 0 amide bonds. The molecule has 114 valence electrons. The summed E-state index contributed by atoms with van der Waals surface area (Å²) in [6.45, 7) is 0.274. The van der Waals surface area contributed by atoms with E-state index in [1.54, 1.807) is 24.3 Å². The Labute approximate surface area is 134 Å². The van der Waals surface area contributed by atoms with Gasteiger partial charge in [0.15, 0.2) is 0 Å². The van der Waals surface area contributed by atoms with Gasteiger partial charge in [-0.25, -0.2) is 0 Å². The average Bonchev–Trinajstić information content (AvgIpc) is 3.06. The largest absolute Gasteiger partial charge is 0.296 e. The number of halogens is 1. The van der Waals surface area contributed by atoms with E-state index >= 15 is 0 Å². The second kappa shape index (κ2) is 6.23.